The van der Waals surface area contributed by atoms with Crippen LogP contribution in [0.2, 0.25) is 5.02 Å². The number of halogens is 1. The van der Waals surface area contributed by atoms with Crippen molar-refractivity contribution in [2.45, 2.75) is 57.8 Å². The molecule has 36 heavy (non-hydrogen) atoms. The number of aliphatic carboxylic acids is 1. The number of carbonyl (C=O) groups excluding carboxylic acids is 2. The Bertz CT molecular complexity index is 1090. The predicted molar refractivity (Wildman–Crippen MR) is 144 cm³/mol. The Morgan fingerprint density at radius 2 is 1.67 bits per heavy atom. The van der Waals surface area contributed by atoms with Gasteiger partial charge in [0.2, 0.25) is 5.91 Å². The van der Waals surface area contributed by atoms with Gasteiger partial charge in [-0.15, -0.1) is 22.7 Å². The molecule has 0 unspecified atom stereocenters. The lowest BCUT2D eigenvalue weighted by molar-refractivity contribution is -0.137. The number of nitrogens with one attached hydrogen (secondary N) is 2. The molecular weight excluding hydrogens is 518 g/mol. The lowest BCUT2D eigenvalue weighted by Crippen LogP contribution is -2.51. The number of carbonyl (C=O) groups is 3. The van der Waals surface area contributed by atoms with E-state index in [0.29, 0.717) is 30.1 Å². The standard InChI is InChI=1S/C26H30ClN3O4S2/c1-2-3-11-22(25(33)30(16-20-9-5-12-35-20)17-21-10-6-13-36-21)28-26(34)29-23(15-24(31)32)18-7-4-8-19(27)14-18/h4-10,12-14,22-23H,2-3,11,15-17H2,1H3,(H,31,32)(H2,28,29,34)/t22-,23-/m0/s1. The zero-order valence-corrected chi connectivity index (χ0v) is 22.4. The fourth-order valence-corrected chi connectivity index (χ4v) is 5.42. The molecule has 2 heterocycles. The molecule has 2 aromatic heterocycles. The van der Waals surface area contributed by atoms with E-state index in [-0.39, 0.29) is 12.3 Å². The average Bonchev–Trinajstić information content (AvgIpc) is 3.55. The second kappa shape index (κ2) is 14.0. The monoisotopic (exact) mass is 547 g/mol. The predicted octanol–water partition coefficient (Wildman–Crippen LogP) is 6.07. The fraction of sp³-hybridized carbons (Fsp3) is 0.346. The quantitative estimate of drug-likeness (QED) is 0.242. The molecule has 3 rings (SSSR count). The lowest BCUT2D eigenvalue weighted by Gasteiger charge is -2.28. The molecule has 0 bridgehead atoms. The fourth-order valence-electron chi connectivity index (χ4n) is 3.79. The Morgan fingerprint density at radius 1 is 1.00 bits per heavy atom. The molecular formula is C26H30ClN3O4S2. The topological polar surface area (TPSA) is 98.7 Å². The molecule has 0 saturated heterocycles. The van der Waals surface area contributed by atoms with Gasteiger partial charge in [-0.2, -0.15) is 0 Å². The van der Waals surface area contributed by atoms with Crippen molar-refractivity contribution in [1.82, 2.24) is 15.5 Å². The number of benzene rings is 1. The first-order valence-corrected chi connectivity index (χ1v) is 13.9. The highest BCUT2D eigenvalue weighted by molar-refractivity contribution is 7.10. The van der Waals surface area contributed by atoms with Crippen LogP contribution in [0.3, 0.4) is 0 Å². The minimum Gasteiger partial charge on any atom is -0.481 e. The van der Waals surface area contributed by atoms with Crippen LogP contribution in [0, 0.1) is 0 Å². The second-order valence-corrected chi connectivity index (χ2v) is 10.9. The van der Waals surface area contributed by atoms with Gasteiger partial charge in [0.1, 0.15) is 6.04 Å². The van der Waals surface area contributed by atoms with Crippen molar-refractivity contribution < 1.29 is 19.5 Å². The summed E-state index contributed by atoms with van der Waals surface area (Å²) in [5.41, 5.74) is 0.577. The average molecular weight is 548 g/mol. The third kappa shape index (κ3) is 8.65. The van der Waals surface area contributed by atoms with E-state index >= 15 is 0 Å². The van der Waals surface area contributed by atoms with Crippen LogP contribution >= 0.6 is 34.3 Å². The van der Waals surface area contributed by atoms with Gasteiger partial charge in [0.05, 0.1) is 25.6 Å². The van der Waals surface area contributed by atoms with Gasteiger partial charge in [0.15, 0.2) is 0 Å². The number of rotatable bonds is 13. The van der Waals surface area contributed by atoms with Crippen LogP contribution in [0.1, 0.15) is 54.0 Å². The maximum Gasteiger partial charge on any atom is 0.315 e. The number of unbranched alkanes of at least 4 members (excludes halogenated alkanes) is 1. The molecule has 0 spiro atoms. The molecule has 0 fully saturated rings. The summed E-state index contributed by atoms with van der Waals surface area (Å²) in [7, 11) is 0. The molecule has 0 radical (unpaired) electrons. The van der Waals surface area contributed by atoms with Crippen LogP contribution in [0.5, 0.6) is 0 Å². The molecule has 2 atom stereocenters. The van der Waals surface area contributed by atoms with Crippen molar-refractivity contribution >= 4 is 52.2 Å². The van der Waals surface area contributed by atoms with Crippen molar-refractivity contribution in [3.63, 3.8) is 0 Å². The summed E-state index contributed by atoms with van der Waals surface area (Å²) in [6, 6.07) is 12.5. The van der Waals surface area contributed by atoms with Crippen LogP contribution in [0.25, 0.3) is 0 Å². The van der Waals surface area contributed by atoms with E-state index in [0.717, 1.165) is 22.6 Å². The molecule has 7 nitrogen and oxygen atoms in total. The third-order valence-corrected chi connectivity index (χ3v) is 7.51. The molecule has 3 aromatic rings. The van der Waals surface area contributed by atoms with Gasteiger partial charge in [-0.1, -0.05) is 55.6 Å². The first kappa shape index (κ1) is 27.7. The highest BCUT2D eigenvalue weighted by Crippen LogP contribution is 2.22. The van der Waals surface area contributed by atoms with Crippen LogP contribution in [0.4, 0.5) is 4.79 Å². The highest BCUT2D eigenvalue weighted by atomic mass is 35.5. The zero-order valence-electron chi connectivity index (χ0n) is 20.0. The van der Waals surface area contributed by atoms with Crippen molar-refractivity contribution in [2.24, 2.45) is 0 Å². The maximum absolute atomic E-state index is 13.7. The molecule has 1 aromatic carbocycles. The summed E-state index contributed by atoms with van der Waals surface area (Å²) >= 11 is 9.23. The van der Waals surface area contributed by atoms with Crippen LogP contribution in [-0.2, 0) is 22.7 Å². The summed E-state index contributed by atoms with van der Waals surface area (Å²) in [4.78, 5) is 42.0. The zero-order chi connectivity index (χ0) is 25.9. The van der Waals surface area contributed by atoms with Crippen molar-refractivity contribution in [2.75, 3.05) is 0 Å². The van der Waals surface area contributed by atoms with E-state index in [1.807, 2.05) is 41.9 Å². The van der Waals surface area contributed by atoms with Gasteiger partial charge in [-0.3, -0.25) is 9.59 Å². The molecule has 0 aliphatic heterocycles. The summed E-state index contributed by atoms with van der Waals surface area (Å²) in [5.74, 6) is -1.23. The van der Waals surface area contributed by atoms with E-state index in [9.17, 15) is 19.5 Å². The number of amides is 3. The Hall–Kier alpha value is -2.88. The lowest BCUT2D eigenvalue weighted by atomic mass is 10.0. The molecule has 0 saturated carbocycles. The van der Waals surface area contributed by atoms with Crippen molar-refractivity contribution in [3.05, 3.63) is 79.6 Å². The van der Waals surface area contributed by atoms with Gasteiger partial charge in [-0.25, -0.2) is 4.79 Å². The van der Waals surface area contributed by atoms with E-state index in [1.165, 1.54) is 0 Å². The largest absolute Gasteiger partial charge is 0.481 e. The smallest absolute Gasteiger partial charge is 0.315 e. The van der Waals surface area contributed by atoms with E-state index in [4.69, 9.17) is 11.6 Å². The first-order chi connectivity index (χ1) is 17.4. The van der Waals surface area contributed by atoms with E-state index in [1.54, 1.807) is 51.8 Å². The van der Waals surface area contributed by atoms with Gasteiger partial charge in [0, 0.05) is 14.8 Å². The molecule has 192 valence electrons. The van der Waals surface area contributed by atoms with Crippen LogP contribution in [-0.4, -0.2) is 34.0 Å². The van der Waals surface area contributed by atoms with E-state index in [2.05, 4.69) is 10.6 Å². The summed E-state index contributed by atoms with van der Waals surface area (Å²) < 4.78 is 0. The summed E-state index contributed by atoms with van der Waals surface area (Å²) in [6.45, 7) is 2.92. The third-order valence-electron chi connectivity index (χ3n) is 5.55. The van der Waals surface area contributed by atoms with Gasteiger partial charge < -0.3 is 20.6 Å². The molecule has 0 aliphatic carbocycles. The Morgan fingerprint density at radius 3 is 2.19 bits per heavy atom. The molecule has 10 heteroatoms. The van der Waals surface area contributed by atoms with Crippen LogP contribution < -0.4 is 10.6 Å². The number of hydrogen-bond donors (Lipinski definition) is 3. The SMILES string of the molecule is CCCC[C@H](NC(=O)N[C@@H](CC(=O)O)c1cccc(Cl)c1)C(=O)N(Cc1cccs1)Cc1cccs1. The molecule has 3 amide bonds. The Labute approximate surface area is 224 Å². The maximum atomic E-state index is 13.7. The Balaban J connectivity index is 1.76. The minimum atomic E-state index is -1.06. The van der Waals surface area contributed by atoms with Crippen molar-refractivity contribution in [3.8, 4) is 0 Å². The second-order valence-electron chi connectivity index (χ2n) is 8.37. The molecule has 3 N–H and O–H groups in total. The normalized spacial score (nSPS) is 12.5. The number of carboxylic acids is 1. The summed E-state index contributed by atoms with van der Waals surface area (Å²) in [6.07, 6.45) is 1.79. The number of nitrogens with zero attached hydrogens (tertiary/aromatic N) is 1. The van der Waals surface area contributed by atoms with Gasteiger partial charge in [0.25, 0.3) is 0 Å². The Kier molecular flexibility index (Phi) is 10.8. The number of thiophene rings is 2. The number of hydrogen-bond acceptors (Lipinski definition) is 5. The van der Waals surface area contributed by atoms with E-state index < -0.39 is 24.1 Å². The molecule has 0 aliphatic rings. The summed E-state index contributed by atoms with van der Waals surface area (Å²) in [5, 5.41) is 19.3. The first-order valence-electron chi connectivity index (χ1n) is 11.7. The highest BCUT2D eigenvalue weighted by Gasteiger charge is 2.28. The minimum absolute atomic E-state index is 0.169. The van der Waals surface area contributed by atoms with Crippen molar-refractivity contribution in [1.29, 1.82) is 0 Å². The number of carboxylic acid groups (broad SMARTS) is 1. The number of urea groups is 1. The van der Waals surface area contributed by atoms with Crippen LogP contribution in [0.15, 0.2) is 59.3 Å². The van der Waals surface area contributed by atoms with Gasteiger partial charge in [-0.05, 0) is 47.0 Å². The van der Waals surface area contributed by atoms with Gasteiger partial charge >= 0.3 is 12.0 Å².